The molecule has 0 heterocycles. The van der Waals surface area contributed by atoms with E-state index >= 15 is 0 Å². The van der Waals surface area contributed by atoms with E-state index in [1.54, 1.807) is 0 Å². The fourth-order valence-corrected chi connectivity index (χ4v) is 10.9. The monoisotopic (exact) mass is 581 g/mol. The van der Waals surface area contributed by atoms with E-state index in [-0.39, 0.29) is 34.5 Å². The Labute approximate surface area is 255 Å². The number of fused-ring (bicyclic) bond motifs is 5. The number of anilines is 1. The number of hydrogen-bond donors (Lipinski definition) is 3. The predicted molar refractivity (Wildman–Crippen MR) is 170 cm³/mol. The zero-order valence-electron chi connectivity index (χ0n) is 27.5. The number of aliphatic hydroxyl groups is 2. The fourth-order valence-electron chi connectivity index (χ4n) is 10.9. The number of carbonyl (C=O) groups is 1. The standard InChI is InChI=1S/C37H59NO4/c1-8-27-31-22-26(39)17-19-37(31,7)30-18-20-36(6)28(15-16-29(36)32(30)33(27)40)23(2)10-9-21-42-34(41)38-25-13-11-24(12-14-25)35(3,4)5/h11-14,23,26-33,39-40H,8-10,15-22H2,1-7H3,(H,38,41)/t23-,26-,27-,28-,29+,30+,31+,32?,33-,36-,37-/m1/s1. The summed E-state index contributed by atoms with van der Waals surface area (Å²) in [4.78, 5) is 12.4. The number of amides is 1. The Morgan fingerprint density at radius 3 is 2.33 bits per heavy atom. The predicted octanol–water partition coefficient (Wildman–Crippen LogP) is 8.58. The van der Waals surface area contributed by atoms with Crippen LogP contribution in [0.2, 0.25) is 0 Å². The van der Waals surface area contributed by atoms with Crippen LogP contribution in [-0.4, -0.2) is 35.1 Å². The van der Waals surface area contributed by atoms with Crippen LogP contribution in [0, 0.1) is 52.3 Å². The van der Waals surface area contributed by atoms with Gasteiger partial charge in [0.25, 0.3) is 0 Å². The topological polar surface area (TPSA) is 78.8 Å². The van der Waals surface area contributed by atoms with Crippen LogP contribution in [0.3, 0.4) is 0 Å². The maximum absolute atomic E-state index is 12.4. The number of rotatable bonds is 7. The molecule has 5 heteroatoms. The molecule has 1 amide bonds. The van der Waals surface area contributed by atoms with E-state index in [9.17, 15) is 15.0 Å². The molecule has 0 spiro atoms. The first kappa shape index (κ1) is 31.8. The second-order valence-electron chi connectivity index (χ2n) is 16.3. The second kappa shape index (κ2) is 12.1. The SMILES string of the molecule is CC[C@H]1[C@@H](O)C2[C@@H]3CC[C@H]([C@H](C)CCCOC(=O)Nc4ccc(C(C)(C)C)cc4)[C@@]3(C)CC[C@@H]2[C@@]2(C)CC[C@@H](O)C[C@@H]12. The summed E-state index contributed by atoms with van der Waals surface area (Å²) in [6, 6.07) is 8.01. The van der Waals surface area contributed by atoms with Gasteiger partial charge in [-0.05, 0) is 133 Å². The highest BCUT2D eigenvalue weighted by Gasteiger charge is 2.64. The fraction of sp³-hybridized carbons (Fsp3) is 0.811. The lowest BCUT2D eigenvalue weighted by Crippen LogP contribution is -2.62. The minimum absolute atomic E-state index is 0.0840. The molecule has 4 fully saturated rings. The van der Waals surface area contributed by atoms with Gasteiger partial charge in [-0.3, -0.25) is 5.32 Å². The van der Waals surface area contributed by atoms with Crippen molar-refractivity contribution in [2.45, 2.75) is 130 Å². The van der Waals surface area contributed by atoms with Gasteiger partial charge in [-0.25, -0.2) is 4.79 Å². The molecule has 0 saturated heterocycles. The van der Waals surface area contributed by atoms with Crippen molar-refractivity contribution in [3.8, 4) is 0 Å². The van der Waals surface area contributed by atoms with Gasteiger partial charge in [-0.15, -0.1) is 0 Å². The van der Waals surface area contributed by atoms with Gasteiger partial charge in [-0.1, -0.05) is 67.0 Å². The summed E-state index contributed by atoms with van der Waals surface area (Å²) in [5.41, 5.74) is 2.61. The van der Waals surface area contributed by atoms with Crippen LogP contribution in [0.25, 0.3) is 0 Å². The largest absolute Gasteiger partial charge is 0.449 e. The Hall–Kier alpha value is -1.59. The maximum Gasteiger partial charge on any atom is 0.411 e. The van der Waals surface area contributed by atoms with E-state index in [1.165, 1.54) is 31.2 Å². The van der Waals surface area contributed by atoms with Gasteiger partial charge in [0.1, 0.15) is 0 Å². The maximum atomic E-state index is 12.4. The molecule has 0 bridgehead atoms. The molecule has 1 aromatic carbocycles. The van der Waals surface area contributed by atoms with E-state index in [2.05, 4.69) is 65.9 Å². The Bertz CT molecular complexity index is 1080. The zero-order valence-corrected chi connectivity index (χ0v) is 27.5. The number of carbonyl (C=O) groups excluding carboxylic acids is 1. The summed E-state index contributed by atoms with van der Waals surface area (Å²) in [6.07, 6.45) is 10.0. The highest BCUT2D eigenvalue weighted by atomic mass is 16.5. The van der Waals surface area contributed by atoms with Crippen molar-refractivity contribution >= 4 is 11.8 Å². The molecule has 4 saturated carbocycles. The Balaban J connectivity index is 1.16. The van der Waals surface area contributed by atoms with Gasteiger partial charge in [0, 0.05) is 5.69 Å². The van der Waals surface area contributed by atoms with Crippen molar-refractivity contribution in [1.82, 2.24) is 0 Å². The molecule has 1 aromatic rings. The first-order valence-electron chi connectivity index (χ1n) is 17.2. The van der Waals surface area contributed by atoms with Crippen LogP contribution in [-0.2, 0) is 10.2 Å². The van der Waals surface area contributed by atoms with Gasteiger partial charge in [0.2, 0.25) is 0 Å². The zero-order chi connectivity index (χ0) is 30.4. The lowest BCUT2D eigenvalue weighted by atomic mass is 9.41. The van der Waals surface area contributed by atoms with Gasteiger partial charge in [0.15, 0.2) is 0 Å². The van der Waals surface area contributed by atoms with E-state index in [1.807, 2.05) is 12.1 Å². The highest BCUT2D eigenvalue weighted by Crippen LogP contribution is 2.69. The minimum atomic E-state index is -0.379. The number of hydrogen-bond acceptors (Lipinski definition) is 4. The smallest absolute Gasteiger partial charge is 0.411 e. The summed E-state index contributed by atoms with van der Waals surface area (Å²) < 4.78 is 5.57. The molecule has 4 aliphatic rings. The quantitative estimate of drug-likeness (QED) is 0.282. The summed E-state index contributed by atoms with van der Waals surface area (Å²) in [6.45, 7) is 16.7. The number of aliphatic hydroxyl groups excluding tert-OH is 2. The summed E-state index contributed by atoms with van der Waals surface area (Å²) >= 11 is 0. The van der Waals surface area contributed by atoms with Gasteiger partial charge in [-0.2, -0.15) is 0 Å². The van der Waals surface area contributed by atoms with Crippen LogP contribution in [0.5, 0.6) is 0 Å². The lowest BCUT2D eigenvalue weighted by molar-refractivity contribution is -0.203. The molecule has 5 nitrogen and oxygen atoms in total. The van der Waals surface area contributed by atoms with Gasteiger partial charge >= 0.3 is 6.09 Å². The van der Waals surface area contributed by atoms with Gasteiger partial charge in [0.05, 0.1) is 18.8 Å². The lowest BCUT2D eigenvalue weighted by Gasteiger charge is -2.64. The normalized spacial score (nSPS) is 40.4. The molecular weight excluding hydrogens is 522 g/mol. The molecule has 11 atom stereocenters. The molecule has 236 valence electrons. The third-order valence-corrected chi connectivity index (χ3v) is 13.2. The van der Waals surface area contributed by atoms with Crippen LogP contribution < -0.4 is 5.32 Å². The van der Waals surface area contributed by atoms with Crippen molar-refractivity contribution in [3.63, 3.8) is 0 Å². The highest BCUT2D eigenvalue weighted by molar-refractivity contribution is 5.84. The molecule has 3 N–H and O–H groups in total. The molecular formula is C37H59NO4. The van der Waals surface area contributed by atoms with Crippen LogP contribution in [0.15, 0.2) is 24.3 Å². The third kappa shape index (κ3) is 5.78. The number of ether oxygens (including phenoxy) is 1. The minimum Gasteiger partial charge on any atom is -0.449 e. The summed E-state index contributed by atoms with van der Waals surface area (Å²) in [7, 11) is 0. The van der Waals surface area contributed by atoms with Gasteiger partial charge < -0.3 is 14.9 Å². The van der Waals surface area contributed by atoms with E-state index in [0.29, 0.717) is 48.0 Å². The average molecular weight is 582 g/mol. The molecule has 5 rings (SSSR count). The Morgan fingerprint density at radius 1 is 1.00 bits per heavy atom. The van der Waals surface area contributed by atoms with Crippen molar-refractivity contribution < 1.29 is 19.7 Å². The van der Waals surface area contributed by atoms with Crippen LogP contribution in [0.1, 0.15) is 118 Å². The van der Waals surface area contributed by atoms with Crippen molar-refractivity contribution in [2.24, 2.45) is 52.3 Å². The van der Waals surface area contributed by atoms with Crippen molar-refractivity contribution in [3.05, 3.63) is 29.8 Å². The first-order chi connectivity index (χ1) is 19.8. The molecule has 0 radical (unpaired) electrons. The van der Waals surface area contributed by atoms with Crippen molar-refractivity contribution in [2.75, 3.05) is 11.9 Å². The van der Waals surface area contributed by atoms with Crippen LogP contribution in [0.4, 0.5) is 10.5 Å². The van der Waals surface area contributed by atoms with E-state index < -0.39 is 0 Å². The van der Waals surface area contributed by atoms with E-state index in [0.717, 1.165) is 44.2 Å². The molecule has 0 aromatic heterocycles. The Kier molecular flexibility index (Phi) is 9.14. The molecule has 42 heavy (non-hydrogen) atoms. The summed E-state index contributed by atoms with van der Waals surface area (Å²) in [5.74, 6) is 3.55. The first-order valence-corrected chi connectivity index (χ1v) is 17.2. The second-order valence-corrected chi connectivity index (χ2v) is 16.3. The Morgan fingerprint density at radius 2 is 1.67 bits per heavy atom. The number of nitrogens with one attached hydrogen (secondary N) is 1. The van der Waals surface area contributed by atoms with Crippen LogP contribution >= 0.6 is 0 Å². The molecule has 1 unspecified atom stereocenters. The number of benzene rings is 1. The average Bonchev–Trinajstić information content (AvgIpc) is 3.29. The molecule has 4 aliphatic carbocycles. The third-order valence-electron chi connectivity index (χ3n) is 13.2. The molecule has 0 aliphatic heterocycles. The van der Waals surface area contributed by atoms with E-state index in [4.69, 9.17) is 4.74 Å². The van der Waals surface area contributed by atoms with Crippen molar-refractivity contribution in [1.29, 1.82) is 0 Å². The summed E-state index contributed by atoms with van der Waals surface area (Å²) in [5, 5.41) is 25.4.